The molecular weight excluding hydrogens is 361 g/mol. The molecule has 0 bridgehead atoms. The molecule has 0 radical (unpaired) electrons. The predicted molar refractivity (Wildman–Crippen MR) is 125 cm³/mol. The first-order chi connectivity index (χ1) is 13.2. The fourth-order valence-corrected chi connectivity index (χ4v) is 4.80. The summed E-state index contributed by atoms with van der Waals surface area (Å²) in [5, 5.41) is 13.1. The molecule has 0 aliphatic rings. The quantitative estimate of drug-likeness (QED) is 0.577. The molecule has 2 nitrogen and oxygen atoms in total. The van der Waals surface area contributed by atoms with Crippen LogP contribution in [0.15, 0.2) is 60.7 Å². The number of phenols is 1. The number of rotatable bonds is 4. The Morgan fingerprint density at radius 2 is 1.54 bits per heavy atom. The number of hydrogen-bond acceptors (Lipinski definition) is 2. The van der Waals surface area contributed by atoms with E-state index in [2.05, 4.69) is 94.2 Å². The molecule has 0 spiro atoms. The van der Waals surface area contributed by atoms with Crippen LogP contribution in [0.4, 0.5) is 11.4 Å². The van der Waals surface area contributed by atoms with Gasteiger partial charge in [0.05, 0.1) is 0 Å². The van der Waals surface area contributed by atoms with Crippen molar-refractivity contribution in [2.75, 3.05) is 11.9 Å². The van der Waals surface area contributed by atoms with Gasteiger partial charge in [-0.15, -0.1) is 0 Å². The van der Waals surface area contributed by atoms with Crippen LogP contribution in [0.3, 0.4) is 0 Å². The third kappa shape index (κ3) is 4.23. The number of anilines is 2. The first-order valence-electron chi connectivity index (χ1n) is 9.68. The number of benzene rings is 3. The normalized spacial score (nSPS) is 11.9. The van der Waals surface area contributed by atoms with Crippen molar-refractivity contribution in [1.82, 2.24) is 0 Å². The molecule has 0 aromatic heterocycles. The maximum Gasteiger partial charge on any atom is 0.126 e. The summed E-state index contributed by atoms with van der Waals surface area (Å²) in [6.07, 6.45) is 0. The molecule has 0 amide bonds. The Hall–Kier alpha value is -2.31. The molecule has 3 heteroatoms. The van der Waals surface area contributed by atoms with Gasteiger partial charge >= 0.3 is 0 Å². The SMILES string of the molecule is Cc1cc(C(C)(C)C)cc(Pc2c(C)cccc2N(C)c2ccccc2)c1O. The molecule has 0 fully saturated rings. The number of aryl methyl sites for hydroxylation is 2. The number of phenolic OH excluding ortho intramolecular Hbond substituents is 1. The largest absolute Gasteiger partial charge is 0.507 e. The molecule has 3 aromatic carbocycles. The second-order valence-electron chi connectivity index (χ2n) is 8.43. The van der Waals surface area contributed by atoms with Crippen LogP contribution in [0.25, 0.3) is 0 Å². The van der Waals surface area contributed by atoms with Crippen LogP contribution >= 0.6 is 8.58 Å². The van der Waals surface area contributed by atoms with Crippen molar-refractivity contribution >= 4 is 30.6 Å². The molecular formula is C25H30NOP. The first kappa shape index (κ1) is 20.4. The van der Waals surface area contributed by atoms with E-state index in [4.69, 9.17) is 0 Å². The average molecular weight is 391 g/mol. The fourth-order valence-electron chi connectivity index (χ4n) is 3.33. The average Bonchev–Trinajstić information content (AvgIpc) is 2.66. The highest BCUT2D eigenvalue weighted by Crippen LogP contribution is 2.33. The summed E-state index contributed by atoms with van der Waals surface area (Å²) in [7, 11) is 2.50. The zero-order valence-electron chi connectivity index (χ0n) is 17.7. The van der Waals surface area contributed by atoms with Crippen molar-refractivity contribution in [3.05, 3.63) is 77.4 Å². The van der Waals surface area contributed by atoms with Crippen LogP contribution in [0.2, 0.25) is 0 Å². The van der Waals surface area contributed by atoms with Crippen LogP contribution in [0.5, 0.6) is 5.75 Å². The van der Waals surface area contributed by atoms with Gasteiger partial charge in [0, 0.05) is 29.0 Å². The monoisotopic (exact) mass is 391 g/mol. The van der Waals surface area contributed by atoms with Crippen LogP contribution in [-0.2, 0) is 5.41 Å². The Morgan fingerprint density at radius 1 is 0.857 bits per heavy atom. The van der Waals surface area contributed by atoms with E-state index in [0.717, 1.165) is 16.6 Å². The summed E-state index contributed by atoms with van der Waals surface area (Å²) in [5.41, 5.74) is 5.84. The van der Waals surface area contributed by atoms with E-state index in [-0.39, 0.29) is 5.41 Å². The number of nitrogens with zero attached hydrogens (tertiary/aromatic N) is 1. The van der Waals surface area contributed by atoms with E-state index in [1.807, 2.05) is 13.0 Å². The van der Waals surface area contributed by atoms with Gasteiger partial charge in [0.25, 0.3) is 0 Å². The van der Waals surface area contributed by atoms with Gasteiger partial charge in [-0.1, -0.05) is 65.8 Å². The van der Waals surface area contributed by atoms with Gasteiger partial charge in [-0.05, 0) is 60.2 Å². The van der Waals surface area contributed by atoms with Crippen LogP contribution < -0.4 is 15.5 Å². The number of hydrogen-bond donors (Lipinski definition) is 1. The third-order valence-corrected chi connectivity index (χ3v) is 6.73. The molecule has 3 rings (SSSR count). The highest BCUT2D eigenvalue weighted by atomic mass is 31.1. The van der Waals surface area contributed by atoms with Crippen molar-refractivity contribution in [3.8, 4) is 5.75 Å². The molecule has 0 saturated heterocycles. The number of para-hydroxylation sites is 1. The smallest absolute Gasteiger partial charge is 0.126 e. The summed E-state index contributed by atoms with van der Waals surface area (Å²) in [4.78, 5) is 2.23. The van der Waals surface area contributed by atoms with Gasteiger partial charge in [-0.25, -0.2) is 0 Å². The van der Waals surface area contributed by atoms with E-state index < -0.39 is 0 Å². The van der Waals surface area contributed by atoms with E-state index in [9.17, 15) is 5.11 Å². The maximum atomic E-state index is 10.8. The molecule has 1 N–H and O–H groups in total. The van der Waals surface area contributed by atoms with Gasteiger partial charge in [-0.3, -0.25) is 0 Å². The summed E-state index contributed by atoms with van der Waals surface area (Å²) in [6.45, 7) is 10.8. The Morgan fingerprint density at radius 3 is 2.18 bits per heavy atom. The van der Waals surface area contributed by atoms with E-state index in [0.29, 0.717) is 14.3 Å². The molecule has 1 unspecified atom stereocenters. The summed E-state index contributed by atoms with van der Waals surface area (Å²) in [6, 6.07) is 21.1. The minimum Gasteiger partial charge on any atom is -0.507 e. The van der Waals surface area contributed by atoms with Crippen molar-refractivity contribution in [2.45, 2.75) is 40.0 Å². The predicted octanol–water partition coefficient (Wildman–Crippen LogP) is 5.70. The standard InChI is InChI=1S/C25H30NOP/c1-17-11-10-14-21(26(6)20-12-8-7-9-13-20)24(17)28-22-16-19(25(3,4)5)15-18(2)23(22)27/h7-16,27-28H,1-6H3. The zero-order chi connectivity index (χ0) is 20.5. The molecule has 0 heterocycles. The topological polar surface area (TPSA) is 23.5 Å². The van der Waals surface area contributed by atoms with Crippen LogP contribution in [0, 0.1) is 13.8 Å². The second-order valence-corrected chi connectivity index (χ2v) is 9.72. The lowest BCUT2D eigenvalue weighted by molar-refractivity contribution is 0.474. The zero-order valence-corrected chi connectivity index (χ0v) is 18.7. The molecule has 0 aliphatic carbocycles. The van der Waals surface area contributed by atoms with Gasteiger partial charge in [0.2, 0.25) is 0 Å². The Kier molecular flexibility index (Phi) is 5.82. The van der Waals surface area contributed by atoms with Gasteiger partial charge < -0.3 is 10.0 Å². The van der Waals surface area contributed by atoms with Crippen molar-refractivity contribution < 1.29 is 5.11 Å². The lowest BCUT2D eigenvalue weighted by atomic mass is 9.86. The van der Waals surface area contributed by atoms with Crippen molar-refractivity contribution in [1.29, 1.82) is 0 Å². The fraction of sp³-hybridized carbons (Fsp3) is 0.280. The van der Waals surface area contributed by atoms with Gasteiger partial charge in [0.1, 0.15) is 5.75 Å². The highest BCUT2D eigenvalue weighted by molar-refractivity contribution is 7.56. The molecule has 146 valence electrons. The Balaban J connectivity index is 2.08. The summed E-state index contributed by atoms with van der Waals surface area (Å²) < 4.78 is 0. The lowest BCUT2D eigenvalue weighted by Crippen LogP contribution is -2.21. The molecule has 28 heavy (non-hydrogen) atoms. The van der Waals surface area contributed by atoms with Crippen molar-refractivity contribution in [3.63, 3.8) is 0 Å². The molecule has 0 saturated carbocycles. The number of aromatic hydroxyl groups is 1. The minimum absolute atomic E-state index is 0.0487. The first-order valence-corrected chi connectivity index (χ1v) is 10.7. The van der Waals surface area contributed by atoms with Gasteiger partial charge in [-0.2, -0.15) is 0 Å². The third-order valence-electron chi connectivity index (χ3n) is 5.18. The van der Waals surface area contributed by atoms with Gasteiger partial charge in [0.15, 0.2) is 0 Å². The second kappa shape index (κ2) is 7.97. The summed E-state index contributed by atoms with van der Waals surface area (Å²) >= 11 is 0. The lowest BCUT2D eigenvalue weighted by Gasteiger charge is -2.25. The minimum atomic E-state index is 0.0487. The van der Waals surface area contributed by atoms with Crippen molar-refractivity contribution in [2.24, 2.45) is 0 Å². The van der Waals surface area contributed by atoms with Crippen LogP contribution in [-0.4, -0.2) is 12.2 Å². The van der Waals surface area contributed by atoms with E-state index in [1.165, 1.54) is 22.1 Å². The molecule has 0 aliphatic heterocycles. The Bertz CT molecular complexity index is 974. The maximum absolute atomic E-state index is 10.8. The van der Waals surface area contributed by atoms with Crippen LogP contribution in [0.1, 0.15) is 37.5 Å². The van der Waals surface area contributed by atoms with E-state index in [1.54, 1.807) is 0 Å². The summed E-state index contributed by atoms with van der Waals surface area (Å²) in [5.74, 6) is 0.419. The molecule has 1 atom stereocenters. The highest BCUT2D eigenvalue weighted by Gasteiger charge is 2.19. The van der Waals surface area contributed by atoms with E-state index >= 15 is 0 Å². The molecule has 3 aromatic rings. The Labute approximate surface area is 171 Å².